The lowest BCUT2D eigenvalue weighted by Gasteiger charge is -2.08. The smallest absolute Gasteiger partial charge is 0.258 e. The molecule has 2 aromatic heterocycles. The Morgan fingerprint density at radius 1 is 0.950 bits per heavy atom. The molecule has 2 heterocycles. The number of pyridine rings is 1. The fourth-order valence-electron chi connectivity index (χ4n) is 2.54. The predicted molar refractivity (Wildman–Crippen MR) is 81.1 cm³/mol. The van der Waals surface area contributed by atoms with Gasteiger partial charge in [0.2, 0.25) is 0 Å². The second-order valence-electron chi connectivity index (χ2n) is 5.22. The Labute approximate surface area is 117 Å². The van der Waals surface area contributed by atoms with E-state index in [-0.39, 0.29) is 5.56 Å². The van der Waals surface area contributed by atoms with Gasteiger partial charge in [0.05, 0.1) is 5.69 Å². The summed E-state index contributed by atoms with van der Waals surface area (Å²) in [6, 6.07) is 13.6. The molecule has 0 aliphatic carbocycles. The van der Waals surface area contributed by atoms with Crippen molar-refractivity contribution in [3.63, 3.8) is 0 Å². The van der Waals surface area contributed by atoms with Crippen molar-refractivity contribution in [2.75, 3.05) is 0 Å². The van der Waals surface area contributed by atoms with E-state index in [1.807, 2.05) is 57.2 Å². The zero-order chi connectivity index (χ0) is 14.3. The van der Waals surface area contributed by atoms with Gasteiger partial charge in [-0.1, -0.05) is 23.8 Å². The van der Waals surface area contributed by atoms with Gasteiger partial charge in [0, 0.05) is 17.3 Å². The molecule has 0 aliphatic heterocycles. The lowest BCUT2D eigenvalue weighted by Crippen LogP contribution is -2.16. The molecule has 0 atom stereocenters. The Kier molecular flexibility index (Phi) is 2.90. The standard InChI is InChI=1S/C17H16N2O/c1-11-5-4-6-14(8-11)15-10-17(20)19-13(3)7-12(2)9-16(19)18-15/h4-10H,1-3H3. The van der Waals surface area contributed by atoms with E-state index in [0.29, 0.717) is 5.65 Å². The maximum absolute atomic E-state index is 12.3. The molecule has 0 saturated carbocycles. The topological polar surface area (TPSA) is 34.4 Å². The zero-order valence-corrected chi connectivity index (χ0v) is 11.8. The molecule has 0 unspecified atom stereocenters. The second kappa shape index (κ2) is 4.60. The molecule has 0 saturated heterocycles. The number of benzene rings is 1. The summed E-state index contributed by atoms with van der Waals surface area (Å²) in [5.41, 5.74) is 5.54. The summed E-state index contributed by atoms with van der Waals surface area (Å²) in [7, 11) is 0. The summed E-state index contributed by atoms with van der Waals surface area (Å²) in [6.07, 6.45) is 0. The maximum Gasteiger partial charge on any atom is 0.258 e. The van der Waals surface area contributed by atoms with Crippen molar-refractivity contribution in [2.24, 2.45) is 0 Å². The summed E-state index contributed by atoms with van der Waals surface area (Å²) in [5.74, 6) is 0. The van der Waals surface area contributed by atoms with Crippen LogP contribution in [-0.2, 0) is 0 Å². The third kappa shape index (κ3) is 2.11. The minimum absolute atomic E-state index is 0.0380. The van der Waals surface area contributed by atoms with Crippen LogP contribution in [0.2, 0.25) is 0 Å². The third-order valence-electron chi connectivity index (χ3n) is 3.40. The van der Waals surface area contributed by atoms with Gasteiger partial charge in [-0.25, -0.2) is 4.98 Å². The number of rotatable bonds is 1. The van der Waals surface area contributed by atoms with Crippen LogP contribution in [0.3, 0.4) is 0 Å². The highest BCUT2D eigenvalue weighted by molar-refractivity contribution is 5.62. The van der Waals surface area contributed by atoms with E-state index in [4.69, 9.17) is 0 Å². The van der Waals surface area contributed by atoms with Crippen LogP contribution in [0.4, 0.5) is 0 Å². The van der Waals surface area contributed by atoms with E-state index in [1.54, 1.807) is 10.5 Å². The van der Waals surface area contributed by atoms with Gasteiger partial charge in [-0.2, -0.15) is 0 Å². The van der Waals surface area contributed by atoms with Crippen LogP contribution < -0.4 is 5.56 Å². The number of aryl methyl sites for hydroxylation is 3. The fraction of sp³-hybridized carbons (Fsp3) is 0.176. The number of hydrogen-bond acceptors (Lipinski definition) is 2. The number of aromatic nitrogens is 2. The molecule has 3 rings (SSSR count). The molecule has 0 aliphatic rings. The van der Waals surface area contributed by atoms with Crippen molar-refractivity contribution in [1.29, 1.82) is 0 Å². The SMILES string of the molecule is Cc1cccc(-c2cc(=O)n3c(C)cc(C)cc3n2)c1. The molecule has 3 nitrogen and oxygen atoms in total. The van der Waals surface area contributed by atoms with Crippen LogP contribution in [-0.4, -0.2) is 9.38 Å². The highest BCUT2D eigenvalue weighted by Gasteiger charge is 2.07. The first kappa shape index (κ1) is 12.6. The van der Waals surface area contributed by atoms with Crippen LogP contribution in [0.25, 0.3) is 16.9 Å². The molecule has 20 heavy (non-hydrogen) atoms. The van der Waals surface area contributed by atoms with Crippen molar-refractivity contribution in [1.82, 2.24) is 9.38 Å². The van der Waals surface area contributed by atoms with E-state index in [9.17, 15) is 4.79 Å². The Morgan fingerprint density at radius 3 is 2.50 bits per heavy atom. The van der Waals surface area contributed by atoms with Gasteiger partial charge in [0.15, 0.2) is 0 Å². The molecule has 3 heteroatoms. The minimum Gasteiger partial charge on any atom is -0.269 e. The van der Waals surface area contributed by atoms with E-state index in [1.165, 1.54) is 0 Å². The molecule has 0 radical (unpaired) electrons. The molecule has 1 aromatic carbocycles. The minimum atomic E-state index is -0.0380. The van der Waals surface area contributed by atoms with Crippen LogP contribution in [0, 0.1) is 20.8 Å². The van der Waals surface area contributed by atoms with Gasteiger partial charge >= 0.3 is 0 Å². The second-order valence-corrected chi connectivity index (χ2v) is 5.22. The maximum atomic E-state index is 12.3. The van der Waals surface area contributed by atoms with E-state index in [0.717, 1.165) is 28.1 Å². The molecular weight excluding hydrogens is 248 g/mol. The molecule has 0 N–H and O–H groups in total. The summed E-state index contributed by atoms with van der Waals surface area (Å²) in [5, 5.41) is 0. The molecular formula is C17H16N2O. The molecule has 0 spiro atoms. The van der Waals surface area contributed by atoms with Gasteiger partial charge in [-0.05, 0) is 44.5 Å². The highest BCUT2D eigenvalue weighted by atomic mass is 16.1. The Bertz CT molecular complexity index is 862. The zero-order valence-electron chi connectivity index (χ0n) is 11.8. The van der Waals surface area contributed by atoms with Crippen LogP contribution in [0.1, 0.15) is 16.8 Å². The summed E-state index contributed by atoms with van der Waals surface area (Å²) < 4.78 is 1.65. The Morgan fingerprint density at radius 2 is 1.75 bits per heavy atom. The first-order chi connectivity index (χ1) is 9.54. The van der Waals surface area contributed by atoms with Crippen LogP contribution in [0.15, 0.2) is 47.3 Å². The van der Waals surface area contributed by atoms with Gasteiger partial charge < -0.3 is 0 Å². The fourth-order valence-corrected chi connectivity index (χ4v) is 2.54. The van der Waals surface area contributed by atoms with Crippen molar-refractivity contribution in [3.8, 4) is 11.3 Å². The van der Waals surface area contributed by atoms with Crippen molar-refractivity contribution >= 4 is 5.65 Å². The molecule has 0 amide bonds. The monoisotopic (exact) mass is 264 g/mol. The predicted octanol–water partition coefficient (Wildman–Crippen LogP) is 3.29. The van der Waals surface area contributed by atoms with E-state index in [2.05, 4.69) is 4.98 Å². The largest absolute Gasteiger partial charge is 0.269 e. The first-order valence-electron chi connectivity index (χ1n) is 6.63. The lowest BCUT2D eigenvalue weighted by atomic mass is 10.1. The summed E-state index contributed by atoms with van der Waals surface area (Å²) in [6.45, 7) is 5.97. The number of fused-ring (bicyclic) bond motifs is 1. The van der Waals surface area contributed by atoms with E-state index >= 15 is 0 Å². The van der Waals surface area contributed by atoms with Crippen LogP contribution >= 0.6 is 0 Å². The van der Waals surface area contributed by atoms with Gasteiger partial charge in [0.1, 0.15) is 5.65 Å². The normalized spacial score (nSPS) is 10.9. The van der Waals surface area contributed by atoms with Gasteiger partial charge in [-0.3, -0.25) is 9.20 Å². The van der Waals surface area contributed by atoms with Crippen molar-refractivity contribution in [2.45, 2.75) is 20.8 Å². The quantitative estimate of drug-likeness (QED) is 0.676. The summed E-state index contributed by atoms with van der Waals surface area (Å²) in [4.78, 5) is 16.9. The number of nitrogens with zero attached hydrogens (tertiary/aromatic N) is 2. The van der Waals surface area contributed by atoms with Gasteiger partial charge in [0.25, 0.3) is 5.56 Å². The molecule has 0 bridgehead atoms. The molecule has 0 fully saturated rings. The lowest BCUT2D eigenvalue weighted by molar-refractivity contribution is 0.986. The Hall–Kier alpha value is -2.42. The average molecular weight is 264 g/mol. The Balaban J connectivity index is 2.32. The van der Waals surface area contributed by atoms with E-state index < -0.39 is 0 Å². The molecule has 100 valence electrons. The average Bonchev–Trinajstić information content (AvgIpc) is 2.37. The summed E-state index contributed by atoms with van der Waals surface area (Å²) >= 11 is 0. The van der Waals surface area contributed by atoms with Crippen molar-refractivity contribution < 1.29 is 0 Å². The highest BCUT2D eigenvalue weighted by Crippen LogP contribution is 2.18. The first-order valence-corrected chi connectivity index (χ1v) is 6.63. The van der Waals surface area contributed by atoms with Crippen molar-refractivity contribution in [3.05, 3.63) is 69.6 Å². The number of hydrogen-bond donors (Lipinski definition) is 0. The van der Waals surface area contributed by atoms with Crippen LogP contribution in [0.5, 0.6) is 0 Å². The molecule has 3 aromatic rings. The van der Waals surface area contributed by atoms with Gasteiger partial charge in [-0.15, -0.1) is 0 Å². The third-order valence-corrected chi connectivity index (χ3v) is 3.40.